The molecule has 1 fully saturated rings. The smallest absolute Gasteiger partial charge is 0.215 e. The Bertz CT molecular complexity index is 1320. The van der Waals surface area contributed by atoms with Gasteiger partial charge in [-0.3, -0.25) is 4.79 Å². The summed E-state index contributed by atoms with van der Waals surface area (Å²) in [5.41, 5.74) is 6.47. The molecule has 0 saturated carbocycles. The van der Waals surface area contributed by atoms with Crippen molar-refractivity contribution in [2.45, 2.75) is 31.7 Å². The van der Waals surface area contributed by atoms with E-state index >= 15 is 0 Å². The molecule has 1 saturated heterocycles. The van der Waals surface area contributed by atoms with Crippen LogP contribution in [0.5, 0.6) is 0 Å². The van der Waals surface area contributed by atoms with Crippen LogP contribution < -0.4 is 16.4 Å². The van der Waals surface area contributed by atoms with Gasteiger partial charge in [-0.2, -0.15) is 0 Å². The summed E-state index contributed by atoms with van der Waals surface area (Å²) in [6, 6.07) is 13.3. The van der Waals surface area contributed by atoms with Gasteiger partial charge in [-0.1, -0.05) is 47.7 Å². The second-order valence-electron chi connectivity index (χ2n) is 9.13. The molecule has 0 radical (unpaired) electrons. The van der Waals surface area contributed by atoms with Crippen molar-refractivity contribution >= 4 is 38.1 Å². The van der Waals surface area contributed by atoms with Crippen molar-refractivity contribution in [3.63, 3.8) is 0 Å². The maximum absolute atomic E-state index is 14.0. The number of carbonyl (C=O) groups excluding carboxylic acids is 1. The predicted octanol–water partition coefficient (Wildman–Crippen LogP) is 3.66. The van der Waals surface area contributed by atoms with Crippen LogP contribution in [0.15, 0.2) is 48.5 Å². The number of hydrogen-bond donors (Lipinski definition) is 3. The van der Waals surface area contributed by atoms with Gasteiger partial charge in [0.2, 0.25) is 15.8 Å². The monoisotopic (exact) mass is 563 g/mol. The standard InChI is InChI=1S/C26H31F2N5O3S2/c27-20-9-4-10-21(28)22(20)23(34)24-25(29)32-26(37-24)31-19-11-15-33(16-12-19)38(35,36)17-14-30-13-5-8-18-6-2-1-3-7-18/h1-4,6-7,9-10,19,30H,5,8,11-17,29H2,(H,31,32). The summed E-state index contributed by atoms with van der Waals surface area (Å²) >= 11 is 0.926. The highest BCUT2D eigenvalue weighted by atomic mass is 32.2. The summed E-state index contributed by atoms with van der Waals surface area (Å²) in [6.07, 6.45) is 2.98. The van der Waals surface area contributed by atoms with Crippen molar-refractivity contribution in [1.82, 2.24) is 14.6 Å². The normalized spacial score (nSPS) is 15.0. The van der Waals surface area contributed by atoms with E-state index in [-0.39, 0.29) is 22.5 Å². The molecule has 0 bridgehead atoms. The number of nitrogens with two attached hydrogens (primary N) is 1. The first-order valence-electron chi connectivity index (χ1n) is 12.5. The zero-order valence-electron chi connectivity index (χ0n) is 20.8. The van der Waals surface area contributed by atoms with E-state index in [2.05, 4.69) is 27.8 Å². The number of rotatable bonds is 12. The van der Waals surface area contributed by atoms with Crippen LogP contribution in [-0.2, 0) is 16.4 Å². The first kappa shape index (κ1) is 28.1. The van der Waals surface area contributed by atoms with Crippen LogP contribution in [0.4, 0.5) is 19.7 Å². The number of aromatic nitrogens is 1. The lowest BCUT2D eigenvalue weighted by Gasteiger charge is -2.31. The van der Waals surface area contributed by atoms with E-state index < -0.39 is 33.0 Å². The number of nitrogens with zero attached hydrogens (tertiary/aromatic N) is 2. The van der Waals surface area contributed by atoms with Crippen LogP contribution in [0.1, 0.15) is 40.1 Å². The Morgan fingerprint density at radius 2 is 1.74 bits per heavy atom. The predicted molar refractivity (Wildman–Crippen MR) is 146 cm³/mol. The molecule has 3 aromatic rings. The third-order valence-corrected chi connectivity index (χ3v) is 9.30. The molecule has 204 valence electrons. The Labute approximate surface area is 225 Å². The molecule has 0 atom stereocenters. The number of sulfonamides is 1. The fourth-order valence-electron chi connectivity index (χ4n) is 4.35. The average molecular weight is 564 g/mol. The van der Waals surface area contributed by atoms with Gasteiger partial charge in [0.25, 0.3) is 0 Å². The lowest BCUT2D eigenvalue weighted by Crippen LogP contribution is -2.44. The Balaban J connectivity index is 1.22. The lowest BCUT2D eigenvalue weighted by molar-refractivity contribution is 0.103. The van der Waals surface area contributed by atoms with Crippen LogP contribution in [0, 0.1) is 11.6 Å². The van der Waals surface area contributed by atoms with Crippen LogP contribution in [0.25, 0.3) is 0 Å². The molecule has 1 aliphatic heterocycles. The lowest BCUT2D eigenvalue weighted by atomic mass is 10.1. The van der Waals surface area contributed by atoms with Crippen LogP contribution in [0.3, 0.4) is 0 Å². The van der Waals surface area contributed by atoms with Crippen LogP contribution in [-0.4, -0.2) is 61.5 Å². The second kappa shape index (κ2) is 12.7. The Hall–Kier alpha value is -2.93. The molecular weight excluding hydrogens is 532 g/mol. The summed E-state index contributed by atoms with van der Waals surface area (Å²) in [5.74, 6) is -2.86. The van der Waals surface area contributed by atoms with E-state index in [1.54, 1.807) is 0 Å². The number of piperidine rings is 1. The van der Waals surface area contributed by atoms with Crippen LogP contribution in [0.2, 0.25) is 0 Å². The second-order valence-corrected chi connectivity index (χ2v) is 12.2. The van der Waals surface area contributed by atoms with Crippen molar-refractivity contribution in [3.8, 4) is 0 Å². The maximum Gasteiger partial charge on any atom is 0.215 e. The molecule has 0 amide bonds. The third kappa shape index (κ3) is 7.13. The number of anilines is 2. The van der Waals surface area contributed by atoms with E-state index in [0.29, 0.717) is 37.6 Å². The molecule has 2 aromatic carbocycles. The van der Waals surface area contributed by atoms with Crippen LogP contribution >= 0.6 is 11.3 Å². The van der Waals surface area contributed by atoms with Gasteiger partial charge in [0.1, 0.15) is 22.3 Å². The summed E-state index contributed by atoms with van der Waals surface area (Å²) in [7, 11) is -3.38. The molecule has 0 unspecified atom stereocenters. The first-order chi connectivity index (χ1) is 18.2. The van der Waals surface area contributed by atoms with Gasteiger partial charge in [0.05, 0.1) is 11.3 Å². The van der Waals surface area contributed by atoms with E-state index in [0.717, 1.165) is 42.9 Å². The quantitative estimate of drug-likeness (QED) is 0.227. The zero-order valence-corrected chi connectivity index (χ0v) is 22.5. The number of halogens is 2. The van der Waals surface area contributed by atoms with Gasteiger partial charge >= 0.3 is 0 Å². The van der Waals surface area contributed by atoms with Crippen molar-refractivity contribution in [2.75, 3.05) is 43.0 Å². The van der Waals surface area contributed by atoms with E-state index in [4.69, 9.17) is 5.73 Å². The molecule has 12 heteroatoms. The highest BCUT2D eigenvalue weighted by Crippen LogP contribution is 2.30. The molecular formula is C26H31F2N5O3S2. The molecule has 1 aromatic heterocycles. The fourth-order valence-corrected chi connectivity index (χ4v) is 6.69. The van der Waals surface area contributed by atoms with Gasteiger partial charge in [-0.25, -0.2) is 26.5 Å². The molecule has 1 aliphatic rings. The SMILES string of the molecule is Nc1nc(NC2CCN(S(=O)(=O)CCNCCCc3ccccc3)CC2)sc1C(=O)c1c(F)cccc1F. The van der Waals surface area contributed by atoms with Gasteiger partial charge in [0, 0.05) is 25.7 Å². The van der Waals surface area contributed by atoms with Gasteiger partial charge in [-0.15, -0.1) is 0 Å². The number of nitrogen functional groups attached to an aromatic ring is 1. The first-order valence-corrected chi connectivity index (χ1v) is 14.9. The van der Waals surface area contributed by atoms with E-state index in [1.165, 1.54) is 15.9 Å². The number of nitrogens with one attached hydrogen (secondary N) is 2. The third-order valence-electron chi connectivity index (χ3n) is 6.42. The largest absolute Gasteiger partial charge is 0.382 e. The van der Waals surface area contributed by atoms with E-state index in [1.807, 2.05) is 18.2 Å². The number of aryl methyl sites for hydroxylation is 1. The summed E-state index contributed by atoms with van der Waals surface area (Å²) in [5, 5.41) is 6.75. The minimum atomic E-state index is -3.38. The minimum Gasteiger partial charge on any atom is -0.382 e. The Kier molecular flexibility index (Phi) is 9.42. The Morgan fingerprint density at radius 1 is 1.05 bits per heavy atom. The van der Waals surface area contributed by atoms with Crippen molar-refractivity contribution in [3.05, 3.63) is 76.2 Å². The minimum absolute atomic E-state index is 0.0392. The van der Waals surface area contributed by atoms with Gasteiger partial charge < -0.3 is 16.4 Å². The highest BCUT2D eigenvalue weighted by Gasteiger charge is 2.29. The van der Waals surface area contributed by atoms with Crippen molar-refractivity contribution < 1.29 is 22.0 Å². The van der Waals surface area contributed by atoms with E-state index in [9.17, 15) is 22.0 Å². The number of benzene rings is 2. The topological polar surface area (TPSA) is 117 Å². The number of thiazole rings is 1. The molecule has 4 rings (SSSR count). The molecule has 0 aliphatic carbocycles. The van der Waals surface area contributed by atoms with Crippen molar-refractivity contribution in [1.29, 1.82) is 0 Å². The number of ketones is 1. The molecule has 2 heterocycles. The molecule has 4 N–H and O–H groups in total. The Morgan fingerprint density at radius 3 is 2.42 bits per heavy atom. The average Bonchev–Trinajstić information content (AvgIpc) is 3.26. The van der Waals surface area contributed by atoms with Crippen molar-refractivity contribution in [2.24, 2.45) is 0 Å². The number of carbonyl (C=O) groups is 1. The zero-order chi connectivity index (χ0) is 27.1. The summed E-state index contributed by atoms with van der Waals surface area (Å²) in [6.45, 7) is 1.87. The molecule has 38 heavy (non-hydrogen) atoms. The number of hydrogen-bond acceptors (Lipinski definition) is 8. The van der Waals surface area contributed by atoms with Gasteiger partial charge in [0.15, 0.2) is 5.13 Å². The highest BCUT2D eigenvalue weighted by molar-refractivity contribution is 7.89. The maximum atomic E-state index is 14.0. The summed E-state index contributed by atoms with van der Waals surface area (Å²) < 4.78 is 55.1. The molecule has 0 spiro atoms. The van der Waals surface area contributed by atoms with Gasteiger partial charge in [-0.05, 0) is 49.9 Å². The fraction of sp³-hybridized carbons (Fsp3) is 0.385. The summed E-state index contributed by atoms with van der Waals surface area (Å²) in [4.78, 5) is 16.8. The molecule has 8 nitrogen and oxygen atoms in total.